The summed E-state index contributed by atoms with van der Waals surface area (Å²) in [6.45, 7) is 7.28. The fourth-order valence-electron chi connectivity index (χ4n) is 2.60. The molecule has 0 fully saturated rings. The molecule has 0 saturated carbocycles. The molecule has 188 valence electrons. The van der Waals surface area contributed by atoms with E-state index in [1.807, 2.05) is 51.1 Å². The summed E-state index contributed by atoms with van der Waals surface area (Å²) in [5.41, 5.74) is 9.36. The van der Waals surface area contributed by atoms with Gasteiger partial charge in [-0.25, -0.2) is 4.79 Å². The van der Waals surface area contributed by atoms with E-state index in [-0.39, 0.29) is 12.4 Å². The molecule has 5 nitrogen and oxygen atoms in total. The third-order valence-corrected chi connectivity index (χ3v) is 4.06. The lowest BCUT2D eigenvalue weighted by atomic mass is 10.1. The summed E-state index contributed by atoms with van der Waals surface area (Å²) < 4.78 is 35.2. The van der Waals surface area contributed by atoms with E-state index in [0.717, 1.165) is 22.3 Å². The number of nitrogens with two attached hydrogens (primary N) is 1. The number of hydrogen-bond donors (Lipinski definition) is 2. The summed E-state index contributed by atoms with van der Waals surface area (Å²) in [7, 11) is 0. The first-order valence-corrected chi connectivity index (χ1v) is 10.8. The van der Waals surface area contributed by atoms with Gasteiger partial charge in [0.1, 0.15) is 5.60 Å². The normalized spacial score (nSPS) is 12.2. The van der Waals surface area contributed by atoms with Crippen molar-refractivity contribution >= 4 is 6.09 Å². The molecule has 0 aromatic heterocycles. The van der Waals surface area contributed by atoms with Crippen molar-refractivity contribution in [2.75, 3.05) is 0 Å². The second-order valence-electron chi connectivity index (χ2n) is 8.62. The molecule has 3 aromatic rings. The van der Waals surface area contributed by atoms with Crippen LogP contribution in [0, 0.1) is 32.1 Å². The van der Waals surface area contributed by atoms with Gasteiger partial charge in [-0.15, -0.1) is 0 Å². The van der Waals surface area contributed by atoms with Gasteiger partial charge in [-0.05, 0) is 70.4 Å². The number of alkyl carbamates (subject to hydrolysis) is 1. The van der Waals surface area contributed by atoms with Gasteiger partial charge in [-0.2, -0.15) is 5.26 Å². The van der Waals surface area contributed by atoms with E-state index in [9.17, 15) is 4.79 Å². The zero-order valence-corrected chi connectivity index (χ0v) is 21.9. The van der Waals surface area contributed by atoms with Crippen molar-refractivity contribution in [2.45, 2.75) is 60.1 Å². The van der Waals surface area contributed by atoms with E-state index < -0.39 is 24.7 Å². The van der Waals surface area contributed by atoms with Gasteiger partial charge in [0.2, 0.25) is 0 Å². The first-order valence-electron chi connectivity index (χ1n) is 12.8. The molecule has 3 rings (SSSR count). The van der Waals surface area contributed by atoms with Crippen LogP contribution < -0.4 is 23.5 Å². The van der Waals surface area contributed by atoms with Crippen LogP contribution in [-0.2, 0) is 17.7 Å². The Balaban J connectivity index is 0.000000589. The van der Waals surface area contributed by atoms with E-state index in [2.05, 4.69) is 11.4 Å². The number of halogens is 1. The van der Waals surface area contributed by atoms with Gasteiger partial charge in [0.25, 0.3) is 0 Å². The Morgan fingerprint density at radius 3 is 1.83 bits per heavy atom. The van der Waals surface area contributed by atoms with Crippen LogP contribution in [0.1, 0.15) is 59.6 Å². The van der Waals surface area contributed by atoms with Gasteiger partial charge < -0.3 is 28.2 Å². The molecule has 0 heterocycles. The molecule has 6 heteroatoms. The number of nitrogens with one attached hydrogen (secondary N) is 1. The standard InChI is InChI=1S/C13H19NO2.C8H11N.C8H7N.ClH/c1-10-6-5-7-11(8-10)9-14-12(15)16-13(2,3)4;2*1-7-3-2-4-8(5-7)6-9;/h5-8H,9H2,1-4H3,(H,14,15);2-5H,6,9H2,1H3;2-5H,1H3;1H/p-1/i9D2;6D2;;. The van der Waals surface area contributed by atoms with Crippen molar-refractivity contribution in [3.63, 3.8) is 0 Å². The van der Waals surface area contributed by atoms with E-state index in [1.54, 1.807) is 63.2 Å². The largest absolute Gasteiger partial charge is 1.00 e. The number of amides is 1. The first kappa shape index (κ1) is 24.8. The van der Waals surface area contributed by atoms with Crippen molar-refractivity contribution in [1.29, 1.82) is 5.26 Å². The fraction of sp³-hybridized carbons (Fsp3) is 0.310. The van der Waals surface area contributed by atoms with Crippen LogP contribution in [0.5, 0.6) is 0 Å². The highest BCUT2D eigenvalue weighted by molar-refractivity contribution is 5.67. The van der Waals surface area contributed by atoms with Gasteiger partial charge in [0.05, 0.1) is 14.4 Å². The van der Waals surface area contributed by atoms with E-state index in [0.29, 0.717) is 11.1 Å². The average Bonchev–Trinajstić information content (AvgIpc) is 2.78. The smallest absolute Gasteiger partial charge is 0.407 e. The minimum absolute atomic E-state index is 0. The maximum Gasteiger partial charge on any atom is 0.407 e. The van der Waals surface area contributed by atoms with Gasteiger partial charge in [0.15, 0.2) is 0 Å². The SMILES string of the molecule is Cc1cccc(C#N)c1.[2H]C([2H])(N)c1cccc(C)c1.[2H]C([2H])(NC(=O)OC(C)(C)C)c1cccc(C)c1.[Cl-]. The Hall–Kier alpha value is -3.33. The van der Waals surface area contributed by atoms with Gasteiger partial charge >= 0.3 is 6.09 Å². The van der Waals surface area contributed by atoms with Crippen LogP contribution in [0.2, 0.25) is 0 Å². The van der Waals surface area contributed by atoms with E-state index in [4.69, 9.17) is 21.2 Å². The van der Waals surface area contributed by atoms with Crippen LogP contribution >= 0.6 is 0 Å². The quantitative estimate of drug-likeness (QED) is 0.579. The second kappa shape index (κ2) is 16.3. The highest BCUT2D eigenvalue weighted by Crippen LogP contribution is 2.08. The number of nitriles is 1. The van der Waals surface area contributed by atoms with E-state index in [1.165, 1.54) is 0 Å². The molecule has 0 aliphatic rings. The number of ether oxygens (including phenoxy) is 1. The molecule has 0 spiro atoms. The van der Waals surface area contributed by atoms with Gasteiger partial charge in [-0.1, -0.05) is 71.8 Å². The number of benzene rings is 3. The fourth-order valence-corrected chi connectivity index (χ4v) is 2.60. The number of nitrogens with zero attached hydrogens (tertiary/aromatic N) is 1. The maximum absolute atomic E-state index is 11.6. The zero-order valence-electron chi connectivity index (χ0n) is 25.1. The lowest BCUT2D eigenvalue weighted by molar-refractivity contribution is -0.0000293. The number of carbonyl (C=O) groups is 1. The summed E-state index contributed by atoms with van der Waals surface area (Å²) in [6.07, 6.45) is -0.769. The first-order chi connectivity index (χ1) is 17.4. The summed E-state index contributed by atoms with van der Waals surface area (Å²) in [5, 5.41) is 10.6. The minimum atomic E-state index is -1.95. The number of hydrogen-bond acceptors (Lipinski definition) is 4. The summed E-state index contributed by atoms with van der Waals surface area (Å²) in [6, 6.07) is 23.7. The number of rotatable bonds is 3. The molecule has 0 unspecified atom stereocenters. The van der Waals surface area contributed by atoms with Crippen LogP contribution in [0.25, 0.3) is 0 Å². The third-order valence-electron chi connectivity index (χ3n) is 4.06. The van der Waals surface area contributed by atoms with Crippen molar-refractivity contribution in [2.24, 2.45) is 5.73 Å². The molecule has 0 aliphatic carbocycles. The van der Waals surface area contributed by atoms with Crippen molar-refractivity contribution in [3.05, 3.63) is 106 Å². The Morgan fingerprint density at radius 2 is 1.43 bits per heavy atom. The summed E-state index contributed by atoms with van der Waals surface area (Å²) in [5.74, 6) is 0. The molecule has 0 aliphatic heterocycles. The van der Waals surface area contributed by atoms with Crippen molar-refractivity contribution < 1.29 is 27.4 Å². The minimum Gasteiger partial charge on any atom is -1.00 e. The molecule has 1 amide bonds. The Kier molecular flexibility index (Phi) is 11.6. The molecule has 0 atom stereocenters. The maximum atomic E-state index is 11.6. The highest BCUT2D eigenvalue weighted by Gasteiger charge is 2.15. The molecule has 35 heavy (non-hydrogen) atoms. The lowest BCUT2D eigenvalue weighted by Gasteiger charge is -2.19. The number of carbonyl (C=O) groups excluding carboxylic acids is 1. The molecule has 0 saturated heterocycles. The predicted octanol–water partition coefficient (Wildman–Crippen LogP) is 3.34. The summed E-state index contributed by atoms with van der Waals surface area (Å²) >= 11 is 0. The van der Waals surface area contributed by atoms with Crippen LogP contribution in [0.15, 0.2) is 72.8 Å². The molecular weight excluding hydrogens is 458 g/mol. The molecular formula is C29H37ClN3O2-. The zero-order chi connectivity index (χ0) is 29.1. The third kappa shape index (κ3) is 15.2. The van der Waals surface area contributed by atoms with Gasteiger partial charge in [0, 0.05) is 15.7 Å². The van der Waals surface area contributed by atoms with Gasteiger partial charge in [-0.3, -0.25) is 0 Å². The van der Waals surface area contributed by atoms with Crippen LogP contribution in [-0.4, -0.2) is 11.7 Å². The Labute approximate surface area is 222 Å². The van der Waals surface area contributed by atoms with E-state index >= 15 is 0 Å². The highest BCUT2D eigenvalue weighted by atomic mass is 35.5. The molecule has 0 bridgehead atoms. The second-order valence-corrected chi connectivity index (χ2v) is 8.62. The van der Waals surface area contributed by atoms with Crippen LogP contribution in [0.3, 0.4) is 0 Å². The lowest BCUT2D eigenvalue weighted by Crippen LogP contribution is -3.00. The Morgan fingerprint density at radius 1 is 0.943 bits per heavy atom. The average molecular weight is 499 g/mol. The molecule has 0 radical (unpaired) electrons. The molecule has 3 aromatic carbocycles. The topological polar surface area (TPSA) is 88.1 Å². The Bertz CT molecular complexity index is 1250. The summed E-state index contributed by atoms with van der Waals surface area (Å²) in [4.78, 5) is 11.6. The van der Waals surface area contributed by atoms with Crippen LogP contribution in [0.4, 0.5) is 4.79 Å². The van der Waals surface area contributed by atoms with Crippen molar-refractivity contribution in [3.8, 4) is 6.07 Å². The predicted molar refractivity (Wildman–Crippen MR) is 139 cm³/mol. The van der Waals surface area contributed by atoms with Crippen molar-refractivity contribution in [1.82, 2.24) is 5.32 Å². The number of aryl methyl sites for hydroxylation is 3. The monoisotopic (exact) mass is 498 g/mol. The molecule has 3 N–H and O–H groups in total.